The summed E-state index contributed by atoms with van der Waals surface area (Å²) < 4.78 is 0. The van der Waals surface area contributed by atoms with Crippen molar-refractivity contribution >= 4 is 11.8 Å². The van der Waals surface area contributed by atoms with Crippen molar-refractivity contribution in [3.05, 3.63) is 71.3 Å². The molecule has 0 radical (unpaired) electrons. The van der Waals surface area contributed by atoms with Crippen molar-refractivity contribution in [3.8, 4) is 0 Å². The first-order chi connectivity index (χ1) is 13.0. The van der Waals surface area contributed by atoms with E-state index in [2.05, 4.69) is 61.2 Å². The third kappa shape index (κ3) is 6.53. The zero-order valence-electron chi connectivity index (χ0n) is 16.3. The van der Waals surface area contributed by atoms with Crippen LogP contribution in [0.2, 0.25) is 0 Å². The number of aryl methyl sites for hydroxylation is 1. The Morgan fingerprint density at radius 1 is 0.926 bits per heavy atom. The van der Waals surface area contributed by atoms with Crippen LogP contribution in [-0.4, -0.2) is 18.4 Å². The maximum absolute atomic E-state index is 12.1. The number of hydrogen-bond acceptors (Lipinski definition) is 3. The van der Waals surface area contributed by atoms with Crippen LogP contribution in [0.3, 0.4) is 0 Å². The zero-order valence-corrected chi connectivity index (χ0v) is 16.3. The van der Waals surface area contributed by atoms with Crippen molar-refractivity contribution in [3.63, 3.8) is 0 Å². The highest BCUT2D eigenvalue weighted by Crippen LogP contribution is 2.22. The first-order valence-corrected chi connectivity index (χ1v) is 9.47. The molecule has 0 aliphatic heterocycles. The quantitative estimate of drug-likeness (QED) is 0.627. The molecule has 5 heteroatoms. The van der Waals surface area contributed by atoms with Gasteiger partial charge < -0.3 is 5.32 Å². The summed E-state index contributed by atoms with van der Waals surface area (Å²) in [4.78, 5) is 24.0. The van der Waals surface area contributed by atoms with Gasteiger partial charge in [-0.25, -0.2) is 0 Å². The van der Waals surface area contributed by atoms with E-state index in [1.165, 1.54) is 5.56 Å². The van der Waals surface area contributed by atoms with Gasteiger partial charge in [-0.3, -0.25) is 20.4 Å². The molecule has 144 valence electrons. The zero-order chi connectivity index (χ0) is 19.6. The highest BCUT2D eigenvalue weighted by atomic mass is 16.2. The van der Waals surface area contributed by atoms with Gasteiger partial charge in [0, 0.05) is 11.6 Å². The Kier molecular flexibility index (Phi) is 8.01. The van der Waals surface area contributed by atoms with Gasteiger partial charge in [0.25, 0.3) is 11.8 Å². The van der Waals surface area contributed by atoms with Crippen molar-refractivity contribution in [1.29, 1.82) is 0 Å². The number of carbonyl (C=O) groups excluding carboxylic acids is 2. The van der Waals surface area contributed by atoms with Crippen molar-refractivity contribution in [2.75, 3.05) is 6.54 Å². The van der Waals surface area contributed by atoms with Gasteiger partial charge in [-0.1, -0.05) is 69.7 Å². The van der Waals surface area contributed by atoms with Gasteiger partial charge >= 0.3 is 0 Å². The highest BCUT2D eigenvalue weighted by molar-refractivity contribution is 5.95. The van der Waals surface area contributed by atoms with Gasteiger partial charge in [0.15, 0.2) is 0 Å². The van der Waals surface area contributed by atoms with Gasteiger partial charge in [0.1, 0.15) is 0 Å². The summed E-state index contributed by atoms with van der Waals surface area (Å²) in [5.74, 6) is -0.294. The second kappa shape index (κ2) is 10.5. The topological polar surface area (TPSA) is 70.2 Å². The Morgan fingerprint density at radius 2 is 1.59 bits per heavy atom. The molecule has 0 heterocycles. The largest absolute Gasteiger partial charge is 0.301 e. The molecule has 0 saturated carbocycles. The lowest BCUT2D eigenvalue weighted by molar-refractivity contribution is -0.121. The Hall–Kier alpha value is -2.66. The van der Waals surface area contributed by atoms with Crippen molar-refractivity contribution in [2.45, 2.75) is 39.7 Å². The van der Waals surface area contributed by atoms with Crippen LogP contribution in [0.1, 0.15) is 54.7 Å². The van der Waals surface area contributed by atoms with E-state index >= 15 is 0 Å². The van der Waals surface area contributed by atoms with E-state index in [0.717, 1.165) is 18.4 Å². The molecule has 0 unspecified atom stereocenters. The molecule has 1 atom stereocenters. The van der Waals surface area contributed by atoms with E-state index in [1.54, 1.807) is 24.3 Å². The minimum Gasteiger partial charge on any atom is -0.301 e. The molecular formula is C22H29N3O2. The Labute approximate surface area is 161 Å². The molecule has 0 bridgehead atoms. The summed E-state index contributed by atoms with van der Waals surface area (Å²) in [6.45, 7) is 6.52. The van der Waals surface area contributed by atoms with E-state index in [9.17, 15) is 9.59 Å². The van der Waals surface area contributed by atoms with Crippen LogP contribution in [0, 0.1) is 5.92 Å². The molecule has 0 saturated heterocycles. The van der Waals surface area contributed by atoms with Gasteiger partial charge in [0.05, 0.1) is 6.54 Å². The molecule has 0 spiro atoms. The van der Waals surface area contributed by atoms with Crippen LogP contribution in [0.15, 0.2) is 54.6 Å². The summed E-state index contributed by atoms with van der Waals surface area (Å²) >= 11 is 0. The lowest BCUT2D eigenvalue weighted by Gasteiger charge is -2.23. The van der Waals surface area contributed by atoms with Crippen LogP contribution >= 0.6 is 0 Å². The van der Waals surface area contributed by atoms with E-state index < -0.39 is 0 Å². The molecule has 0 fully saturated rings. The Bertz CT molecular complexity index is 727. The van der Waals surface area contributed by atoms with Crippen LogP contribution < -0.4 is 16.2 Å². The van der Waals surface area contributed by atoms with E-state index in [-0.39, 0.29) is 24.4 Å². The number of hydrogen-bond donors (Lipinski definition) is 3. The predicted octanol–water partition coefficient (Wildman–Crippen LogP) is 3.39. The van der Waals surface area contributed by atoms with Crippen LogP contribution in [0.5, 0.6) is 0 Å². The Balaban J connectivity index is 1.86. The highest BCUT2D eigenvalue weighted by Gasteiger charge is 2.17. The first kappa shape index (κ1) is 20.6. The molecule has 2 amide bonds. The van der Waals surface area contributed by atoms with E-state index in [0.29, 0.717) is 11.5 Å². The minimum atomic E-state index is -0.337. The van der Waals surface area contributed by atoms with E-state index in [1.807, 2.05) is 6.07 Å². The third-order valence-corrected chi connectivity index (χ3v) is 4.38. The average molecular weight is 367 g/mol. The summed E-state index contributed by atoms with van der Waals surface area (Å²) in [6.07, 6.45) is 2.20. The van der Waals surface area contributed by atoms with Gasteiger partial charge in [0.2, 0.25) is 0 Å². The predicted molar refractivity (Wildman–Crippen MR) is 108 cm³/mol. The fraction of sp³-hybridized carbons (Fsp3) is 0.364. The molecular weight excluding hydrogens is 338 g/mol. The maximum Gasteiger partial charge on any atom is 0.269 e. The van der Waals surface area contributed by atoms with Gasteiger partial charge in [-0.05, 0) is 35.6 Å². The van der Waals surface area contributed by atoms with Crippen molar-refractivity contribution in [1.82, 2.24) is 16.2 Å². The second-order valence-electron chi connectivity index (χ2n) is 6.96. The number of nitrogens with one attached hydrogen (secondary N) is 3. The lowest BCUT2D eigenvalue weighted by Crippen LogP contribution is -2.46. The van der Waals surface area contributed by atoms with E-state index in [4.69, 9.17) is 0 Å². The second-order valence-corrected chi connectivity index (χ2v) is 6.96. The molecule has 2 aromatic rings. The fourth-order valence-corrected chi connectivity index (χ4v) is 2.95. The van der Waals surface area contributed by atoms with Crippen molar-refractivity contribution in [2.24, 2.45) is 5.92 Å². The molecule has 3 N–H and O–H groups in total. The van der Waals surface area contributed by atoms with Crippen LogP contribution in [-0.2, 0) is 11.2 Å². The van der Waals surface area contributed by atoms with Gasteiger partial charge in [-0.2, -0.15) is 0 Å². The summed E-state index contributed by atoms with van der Waals surface area (Å²) in [5.41, 5.74) is 7.87. The number of hydrazine groups is 1. The summed E-state index contributed by atoms with van der Waals surface area (Å²) in [6, 6.07) is 17.4. The van der Waals surface area contributed by atoms with Crippen LogP contribution in [0.25, 0.3) is 0 Å². The maximum atomic E-state index is 12.1. The monoisotopic (exact) mass is 367 g/mol. The molecule has 5 nitrogen and oxygen atoms in total. The third-order valence-electron chi connectivity index (χ3n) is 4.38. The summed E-state index contributed by atoms with van der Waals surface area (Å²) in [5, 5.41) is 3.29. The molecule has 2 aromatic carbocycles. The Morgan fingerprint density at radius 3 is 2.19 bits per heavy atom. The molecule has 0 aromatic heterocycles. The minimum absolute atomic E-state index is 0.0660. The average Bonchev–Trinajstić information content (AvgIpc) is 2.68. The number of rotatable bonds is 8. The molecule has 0 aliphatic rings. The van der Waals surface area contributed by atoms with Crippen LogP contribution in [0.4, 0.5) is 0 Å². The molecule has 27 heavy (non-hydrogen) atoms. The van der Waals surface area contributed by atoms with Gasteiger partial charge in [-0.15, -0.1) is 0 Å². The standard InChI is InChI=1S/C22H29N3O2/c1-4-8-17-11-13-18(14-12-17)21(16(2)3)23-15-20(26)24-25-22(27)19-9-6-5-7-10-19/h5-7,9-14,16,21,23H,4,8,15H2,1-3H3,(H,24,26)(H,25,27)/t21-/m0/s1. The summed E-state index contributed by atoms with van der Waals surface area (Å²) in [7, 11) is 0. The molecule has 2 rings (SSSR count). The number of carbonyl (C=O) groups is 2. The molecule has 0 aliphatic carbocycles. The fourth-order valence-electron chi connectivity index (χ4n) is 2.95. The number of benzene rings is 2. The lowest BCUT2D eigenvalue weighted by atomic mass is 9.94. The smallest absolute Gasteiger partial charge is 0.269 e. The normalized spacial score (nSPS) is 11.9. The first-order valence-electron chi connectivity index (χ1n) is 9.47. The number of amides is 2. The van der Waals surface area contributed by atoms with Crippen molar-refractivity contribution < 1.29 is 9.59 Å². The SMILES string of the molecule is CCCc1ccc([C@@H](NCC(=O)NNC(=O)c2ccccc2)C(C)C)cc1.